The van der Waals surface area contributed by atoms with E-state index in [0.29, 0.717) is 34.0 Å². The molecule has 33 heavy (non-hydrogen) atoms. The Balaban J connectivity index is 1.31. The predicted molar refractivity (Wildman–Crippen MR) is 133 cm³/mol. The monoisotopic (exact) mass is 485 g/mol. The van der Waals surface area contributed by atoms with E-state index in [-0.39, 0.29) is 5.91 Å². The standard InChI is InChI=1S/C23H27N5O3S2/c1-12-18-13(2)25-20(15-6-7-15)26-22(18)33-19(12)21(29)27-28-23(32)24-10-9-14-5-8-16(30-3)17(11-14)31-4/h5,8,11,15H,6-7,9-10H2,1-4H3,(H,27,29)(H2,24,28,32). The number of fused-ring (bicyclic) bond motifs is 1. The lowest BCUT2D eigenvalue weighted by atomic mass is 10.1. The number of rotatable bonds is 7. The molecule has 0 bridgehead atoms. The van der Waals surface area contributed by atoms with Crippen LogP contribution in [0.4, 0.5) is 0 Å². The molecule has 3 aromatic rings. The fourth-order valence-electron chi connectivity index (χ4n) is 3.67. The smallest absolute Gasteiger partial charge is 0.280 e. The Hall–Kier alpha value is -2.98. The summed E-state index contributed by atoms with van der Waals surface area (Å²) in [4.78, 5) is 23.6. The number of hydrazine groups is 1. The van der Waals surface area contributed by atoms with Gasteiger partial charge in [-0.15, -0.1) is 11.3 Å². The van der Waals surface area contributed by atoms with Crippen LogP contribution in [0.25, 0.3) is 10.2 Å². The van der Waals surface area contributed by atoms with Crippen molar-refractivity contribution in [3.05, 3.63) is 45.7 Å². The van der Waals surface area contributed by atoms with Crippen LogP contribution >= 0.6 is 23.6 Å². The SMILES string of the molecule is COc1ccc(CCNC(=S)NNC(=O)c2sc3nc(C4CC4)nc(C)c3c2C)cc1OC. The van der Waals surface area contributed by atoms with Crippen LogP contribution in [0.2, 0.25) is 0 Å². The van der Waals surface area contributed by atoms with Gasteiger partial charge in [-0.05, 0) is 68.6 Å². The van der Waals surface area contributed by atoms with Crippen LogP contribution in [-0.4, -0.2) is 41.8 Å². The van der Waals surface area contributed by atoms with E-state index in [1.54, 1.807) is 14.2 Å². The number of carbonyl (C=O) groups excluding carboxylic acids is 1. The molecule has 0 unspecified atom stereocenters. The third kappa shape index (κ3) is 5.17. The largest absolute Gasteiger partial charge is 0.493 e. The molecule has 0 radical (unpaired) electrons. The van der Waals surface area contributed by atoms with E-state index >= 15 is 0 Å². The van der Waals surface area contributed by atoms with Crippen LogP contribution in [0.1, 0.15) is 51.1 Å². The summed E-state index contributed by atoms with van der Waals surface area (Å²) < 4.78 is 10.6. The molecular weight excluding hydrogens is 458 g/mol. The van der Waals surface area contributed by atoms with E-state index in [9.17, 15) is 4.79 Å². The van der Waals surface area contributed by atoms with Gasteiger partial charge in [0.2, 0.25) is 0 Å². The van der Waals surface area contributed by atoms with Gasteiger partial charge in [-0.25, -0.2) is 9.97 Å². The zero-order valence-corrected chi connectivity index (χ0v) is 20.7. The van der Waals surface area contributed by atoms with Crippen LogP contribution in [0, 0.1) is 13.8 Å². The van der Waals surface area contributed by atoms with Gasteiger partial charge >= 0.3 is 0 Å². The van der Waals surface area contributed by atoms with Crippen LogP contribution in [0.3, 0.4) is 0 Å². The molecule has 1 amide bonds. The Morgan fingerprint density at radius 3 is 2.61 bits per heavy atom. The number of aromatic nitrogens is 2. The summed E-state index contributed by atoms with van der Waals surface area (Å²) in [6.07, 6.45) is 3.01. The van der Waals surface area contributed by atoms with Gasteiger partial charge in [0.25, 0.3) is 5.91 Å². The third-order valence-corrected chi connectivity index (χ3v) is 7.00. The van der Waals surface area contributed by atoms with Gasteiger partial charge < -0.3 is 14.8 Å². The lowest BCUT2D eigenvalue weighted by Crippen LogP contribution is -2.47. The number of nitrogens with zero attached hydrogens (tertiary/aromatic N) is 2. The van der Waals surface area contributed by atoms with E-state index in [1.807, 2.05) is 32.0 Å². The molecule has 2 aromatic heterocycles. The number of thiophene rings is 1. The quantitative estimate of drug-likeness (QED) is 0.345. The number of aryl methyl sites for hydroxylation is 2. The average molecular weight is 486 g/mol. The zero-order valence-electron chi connectivity index (χ0n) is 19.1. The molecule has 4 rings (SSSR count). The molecule has 3 N–H and O–H groups in total. The molecule has 2 heterocycles. The number of methoxy groups -OCH3 is 2. The first-order valence-electron chi connectivity index (χ1n) is 10.7. The van der Waals surface area contributed by atoms with Gasteiger partial charge in [-0.1, -0.05) is 6.07 Å². The van der Waals surface area contributed by atoms with Gasteiger partial charge in [0, 0.05) is 17.8 Å². The number of carbonyl (C=O) groups is 1. The minimum atomic E-state index is -0.244. The van der Waals surface area contributed by atoms with E-state index in [1.165, 1.54) is 11.3 Å². The Labute approximate surface area is 202 Å². The molecule has 0 saturated heterocycles. The normalized spacial score (nSPS) is 13.0. The predicted octanol–water partition coefficient (Wildman–Crippen LogP) is 3.55. The van der Waals surface area contributed by atoms with Crippen molar-refractivity contribution in [2.24, 2.45) is 0 Å². The van der Waals surface area contributed by atoms with Crippen LogP contribution in [0.5, 0.6) is 11.5 Å². The number of benzene rings is 1. The van der Waals surface area contributed by atoms with Crippen LogP contribution in [0.15, 0.2) is 18.2 Å². The third-order valence-electron chi connectivity index (χ3n) is 5.57. The van der Waals surface area contributed by atoms with Crippen LogP contribution in [-0.2, 0) is 6.42 Å². The second-order valence-corrected chi connectivity index (χ2v) is 9.36. The first-order valence-corrected chi connectivity index (χ1v) is 12.0. The number of nitrogens with one attached hydrogen (secondary N) is 3. The van der Waals surface area contributed by atoms with Crippen molar-refractivity contribution >= 4 is 44.8 Å². The molecule has 1 aliphatic carbocycles. The van der Waals surface area contributed by atoms with Crippen molar-refractivity contribution in [1.82, 2.24) is 26.1 Å². The van der Waals surface area contributed by atoms with Crippen molar-refractivity contribution in [2.45, 2.75) is 39.0 Å². The van der Waals surface area contributed by atoms with Crippen LogP contribution < -0.4 is 25.6 Å². The minimum Gasteiger partial charge on any atom is -0.493 e. The second-order valence-electron chi connectivity index (χ2n) is 7.95. The Bertz CT molecular complexity index is 1210. The molecular formula is C23H27N5O3S2. The molecule has 10 heteroatoms. The molecule has 1 aliphatic rings. The van der Waals surface area contributed by atoms with Crippen molar-refractivity contribution < 1.29 is 14.3 Å². The molecule has 0 atom stereocenters. The summed E-state index contributed by atoms with van der Waals surface area (Å²) in [6.45, 7) is 4.51. The van der Waals surface area contributed by atoms with Gasteiger partial charge in [-0.3, -0.25) is 15.6 Å². The highest BCUT2D eigenvalue weighted by atomic mass is 32.1. The average Bonchev–Trinajstić information content (AvgIpc) is 3.60. The first-order chi connectivity index (χ1) is 15.9. The second kappa shape index (κ2) is 9.88. The highest BCUT2D eigenvalue weighted by Gasteiger charge is 2.28. The first kappa shape index (κ1) is 23.2. The van der Waals surface area contributed by atoms with Gasteiger partial charge in [0.1, 0.15) is 10.7 Å². The van der Waals surface area contributed by atoms with E-state index < -0.39 is 0 Å². The molecule has 1 fully saturated rings. The van der Waals surface area contributed by atoms with E-state index in [4.69, 9.17) is 26.7 Å². The maximum Gasteiger partial charge on any atom is 0.280 e. The molecule has 1 saturated carbocycles. The Morgan fingerprint density at radius 1 is 1.15 bits per heavy atom. The maximum absolute atomic E-state index is 12.8. The Kier molecular flexibility index (Phi) is 6.94. The van der Waals surface area contributed by atoms with Crippen molar-refractivity contribution in [3.8, 4) is 11.5 Å². The van der Waals surface area contributed by atoms with Crippen molar-refractivity contribution in [1.29, 1.82) is 0 Å². The summed E-state index contributed by atoms with van der Waals surface area (Å²) in [5, 5.41) is 4.40. The highest BCUT2D eigenvalue weighted by molar-refractivity contribution is 7.80. The van der Waals surface area contributed by atoms with Gasteiger partial charge in [0.15, 0.2) is 16.6 Å². The summed E-state index contributed by atoms with van der Waals surface area (Å²) in [6, 6.07) is 5.78. The lowest BCUT2D eigenvalue weighted by Gasteiger charge is -2.12. The van der Waals surface area contributed by atoms with Crippen molar-refractivity contribution in [2.75, 3.05) is 20.8 Å². The van der Waals surface area contributed by atoms with Gasteiger partial charge in [-0.2, -0.15) is 0 Å². The zero-order chi connectivity index (χ0) is 23.5. The summed E-state index contributed by atoms with van der Waals surface area (Å²) in [5.41, 5.74) is 8.36. The fourth-order valence-corrected chi connectivity index (χ4v) is 4.96. The molecule has 174 valence electrons. The van der Waals surface area contributed by atoms with E-state index in [0.717, 1.165) is 52.1 Å². The summed E-state index contributed by atoms with van der Waals surface area (Å²) in [5.74, 6) is 2.50. The fraction of sp³-hybridized carbons (Fsp3) is 0.391. The van der Waals surface area contributed by atoms with Crippen molar-refractivity contribution in [3.63, 3.8) is 0 Å². The number of ether oxygens (including phenoxy) is 2. The van der Waals surface area contributed by atoms with E-state index in [2.05, 4.69) is 21.2 Å². The summed E-state index contributed by atoms with van der Waals surface area (Å²) in [7, 11) is 3.22. The number of thiocarbonyl (C=S) groups is 1. The Morgan fingerprint density at radius 2 is 1.91 bits per heavy atom. The minimum absolute atomic E-state index is 0.244. The molecule has 8 nitrogen and oxygen atoms in total. The number of amides is 1. The molecule has 0 aliphatic heterocycles. The topological polar surface area (TPSA) is 97.4 Å². The molecule has 0 spiro atoms. The summed E-state index contributed by atoms with van der Waals surface area (Å²) >= 11 is 6.69. The molecule has 1 aromatic carbocycles. The van der Waals surface area contributed by atoms with Gasteiger partial charge in [0.05, 0.1) is 24.8 Å². The maximum atomic E-state index is 12.8. The number of hydrogen-bond donors (Lipinski definition) is 3. The number of hydrogen-bond acceptors (Lipinski definition) is 7. The lowest BCUT2D eigenvalue weighted by molar-refractivity contribution is 0.0947. The highest BCUT2D eigenvalue weighted by Crippen LogP contribution is 2.40.